The van der Waals surface area contributed by atoms with Crippen LogP contribution in [0.2, 0.25) is 5.15 Å². The molecule has 0 bridgehead atoms. The normalized spacial score (nSPS) is 11.6. The predicted octanol–water partition coefficient (Wildman–Crippen LogP) is 3.40. The molecule has 0 unspecified atom stereocenters. The molecule has 94 valence electrons. The summed E-state index contributed by atoms with van der Waals surface area (Å²) in [7, 11) is 0. The summed E-state index contributed by atoms with van der Waals surface area (Å²) in [5.74, 6) is 0. The number of rotatable bonds is 1. The molecule has 0 amide bonds. The third-order valence-corrected chi connectivity index (χ3v) is 2.58. The van der Waals surface area contributed by atoms with Gasteiger partial charge in [0.15, 0.2) is 5.15 Å². The van der Waals surface area contributed by atoms with E-state index < -0.39 is 11.7 Å². The van der Waals surface area contributed by atoms with Crippen molar-refractivity contribution in [1.29, 1.82) is 0 Å². The molecule has 0 fully saturated rings. The van der Waals surface area contributed by atoms with Crippen LogP contribution in [0.3, 0.4) is 0 Å². The van der Waals surface area contributed by atoms with E-state index in [2.05, 4.69) is 10.2 Å². The number of aromatic nitrogens is 2. The number of nitrogen functional groups attached to an aromatic ring is 1. The summed E-state index contributed by atoms with van der Waals surface area (Å²) in [6.07, 6.45) is -4.36. The molecule has 0 aliphatic rings. The fourth-order valence-corrected chi connectivity index (χ4v) is 1.45. The Hall–Kier alpha value is -1.82. The van der Waals surface area contributed by atoms with Crippen LogP contribution in [0.4, 0.5) is 18.9 Å². The van der Waals surface area contributed by atoms with Gasteiger partial charge in [-0.15, -0.1) is 10.2 Å². The monoisotopic (exact) mass is 273 g/mol. The molecule has 1 aromatic heterocycles. The molecule has 0 saturated heterocycles. The number of benzene rings is 1. The Morgan fingerprint density at radius 3 is 2.17 bits per heavy atom. The number of alkyl halides is 3. The van der Waals surface area contributed by atoms with Crippen LogP contribution < -0.4 is 5.73 Å². The minimum absolute atomic E-state index is 0.0608. The zero-order valence-electron chi connectivity index (χ0n) is 8.87. The highest BCUT2D eigenvalue weighted by Crippen LogP contribution is 2.31. The van der Waals surface area contributed by atoms with Gasteiger partial charge in [-0.25, -0.2) is 0 Å². The molecular formula is C11H7ClF3N3. The van der Waals surface area contributed by atoms with Crippen LogP contribution in [0.25, 0.3) is 11.3 Å². The van der Waals surface area contributed by atoms with Crippen molar-refractivity contribution in [2.75, 3.05) is 5.73 Å². The predicted molar refractivity (Wildman–Crippen MR) is 61.9 cm³/mol. The molecule has 1 aromatic carbocycles. The second-order valence-corrected chi connectivity index (χ2v) is 3.91. The van der Waals surface area contributed by atoms with Gasteiger partial charge in [0.2, 0.25) is 0 Å². The molecule has 3 nitrogen and oxygen atoms in total. The van der Waals surface area contributed by atoms with Gasteiger partial charge in [0, 0.05) is 5.56 Å². The maximum absolute atomic E-state index is 12.4. The van der Waals surface area contributed by atoms with E-state index in [-0.39, 0.29) is 10.8 Å². The van der Waals surface area contributed by atoms with Crippen LogP contribution in [0.5, 0.6) is 0 Å². The molecule has 2 rings (SSSR count). The van der Waals surface area contributed by atoms with E-state index in [1.807, 2.05) is 0 Å². The van der Waals surface area contributed by atoms with E-state index in [1.165, 1.54) is 18.2 Å². The van der Waals surface area contributed by atoms with E-state index in [9.17, 15) is 13.2 Å². The van der Waals surface area contributed by atoms with Crippen molar-refractivity contribution in [1.82, 2.24) is 10.2 Å². The average Bonchev–Trinajstić information content (AvgIpc) is 2.32. The second kappa shape index (κ2) is 4.45. The lowest BCUT2D eigenvalue weighted by atomic mass is 10.1. The first-order valence-corrected chi connectivity index (χ1v) is 5.22. The molecule has 2 aromatic rings. The van der Waals surface area contributed by atoms with Crippen LogP contribution in [0.15, 0.2) is 30.3 Å². The summed E-state index contributed by atoms with van der Waals surface area (Å²) in [6.45, 7) is 0. The van der Waals surface area contributed by atoms with Crippen LogP contribution in [-0.2, 0) is 6.18 Å². The van der Waals surface area contributed by atoms with E-state index in [0.29, 0.717) is 11.3 Å². The van der Waals surface area contributed by atoms with E-state index in [0.717, 1.165) is 12.1 Å². The largest absolute Gasteiger partial charge is 0.416 e. The van der Waals surface area contributed by atoms with Gasteiger partial charge >= 0.3 is 6.18 Å². The third-order valence-electron chi connectivity index (χ3n) is 2.28. The SMILES string of the molecule is Nc1cc(-c2ccc(C(F)(F)F)cc2)nnc1Cl. The molecular weight excluding hydrogens is 267 g/mol. The fraction of sp³-hybridized carbons (Fsp3) is 0.0909. The van der Waals surface area contributed by atoms with Gasteiger partial charge in [-0.05, 0) is 18.2 Å². The summed E-state index contributed by atoms with van der Waals surface area (Å²) in [4.78, 5) is 0. The number of nitrogens with two attached hydrogens (primary N) is 1. The highest BCUT2D eigenvalue weighted by molar-refractivity contribution is 6.31. The van der Waals surface area contributed by atoms with Crippen molar-refractivity contribution < 1.29 is 13.2 Å². The molecule has 2 N–H and O–H groups in total. The molecule has 7 heteroatoms. The maximum Gasteiger partial charge on any atom is 0.416 e. The lowest BCUT2D eigenvalue weighted by Crippen LogP contribution is -2.04. The van der Waals surface area contributed by atoms with Crippen molar-refractivity contribution >= 4 is 17.3 Å². The Labute approximate surface area is 105 Å². The highest BCUT2D eigenvalue weighted by Gasteiger charge is 2.30. The van der Waals surface area contributed by atoms with Crippen LogP contribution in [-0.4, -0.2) is 10.2 Å². The van der Waals surface area contributed by atoms with Gasteiger partial charge in [0.1, 0.15) is 0 Å². The number of nitrogens with zero attached hydrogens (tertiary/aromatic N) is 2. The van der Waals surface area contributed by atoms with Gasteiger partial charge in [0.25, 0.3) is 0 Å². The van der Waals surface area contributed by atoms with Crippen molar-refractivity contribution in [3.8, 4) is 11.3 Å². The first-order valence-electron chi connectivity index (χ1n) is 4.84. The standard InChI is InChI=1S/C11H7ClF3N3/c12-10-8(16)5-9(17-18-10)6-1-3-7(4-2-6)11(13,14)15/h1-5H,(H2,16,17). The van der Waals surface area contributed by atoms with Gasteiger partial charge in [-0.2, -0.15) is 13.2 Å². The lowest BCUT2D eigenvalue weighted by Gasteiger charge is -2.07. The summed E-state index contributed by atoms with van der Waals surface area (Å²) >= 11 is 5.61. The molecule has 0 aliphatic carbocycles. The Morgan fingerprint density at radius 1 is 1.06 bits per heavy atom. The van der Waals surface area contributed by atoms with Gasteiger partial charge in [0.05, 0.1) is 16.9 Å². The smallest absolute Gasteiger partial charge is 0.396 e. The topological polar surface area (TPSA) is 51.8 Å². The first-order chi connectivity index (χ1) is 8.38. The van der Waals surface area contributed by atoms with Crippen LogP contribution >= 0.6 is 11.6 Å². The van der Waals surface area contributed by atoms with Gasteiger partial charge in [-0.1, -0.05) is 23.7 Å². The molecule has 0 spiro atoms. The fourth-order valence-electron chi connectivity index (χ4n) is 1.36. The number of anilines is 1. The summed E-state index contributed by atoms with van der Waals surface area (Å²) < 4.78 is 37.1. The Morgan fingerprint density at radius 2 is 1.67 bits per heavy atom. The quantitative estimate of drug-likeness (QED) is 0.866. The summed E-state index contributed by atoms with van der Waals surface area (Å²) in [5, 5.41) is 7.41. The molecule has 18 heavy (non-hydrogen) atoms. The highest BCUT2D eigenvalue weighted by atomic mass is 35.5. The Kier molecular flexibility index (Phi) is 3.13. The Bertz CT molecular complexity index is 567. The van der Waals surface area contributed by atoms with E-state index in [1.54, 1.807) is 0 Å². The first kappa shape index (κ1) is 12.6. The van der Waals surface area contributed by atoms with Crippen molar-refractivity contribution in [2.45, 2.75) is 6.18 Å². The Balaban J connectivity index is 2.37. The minimum atomic E-state index is -4.36. The van der Waals surface area contributed by atoms with Crippen molar-refractivity contribution in [3.05, 3.63) is 41.0 Å². The molecule has 0 atom stereocenters. The zero-order valence-corrected chi connectivity index (χ0v) is 9.63. The average molecular weight is 274 g/mol. The molecule has 0 aliphatic heterocycles. The number of hydrogen-bond donors (Lipinski definition) is 1. The minimum Gasteiger partial charge on any atom is -0.396 e. The zero-order chi connectivity index (χ0) is 13.3. The molecule has 0 radical (unpaired) electrons. The lowest BCUT2D eigenvalue weighted by molar-refractivity contribution is -0.137. The van der Waals surface area contributed by atoms with E-state index in [4.69, 9.17) is 17.3 Å². The van der Waals surface area contributed by atoms with E-state index >= 15 is 0 Å². The molecule has 0 saturated carbocycles. The van der Waals surface area contributed by atoms with Crippen LogP contribution in [0.1, 0.15) is 5.56 Å². The second-order valence-electron chi connectivity index (χ2n) is 3.55. The van der Waals surface area contributed by atoms with Crippen molar-refractivity contribution in [3.63, 3.8) is 0 Å². The van der Waals surface area contributed by atoms with Crippen LogP contribution in [0, 0.1) is 0 Å². The van der Waals surface area contributed by atoms with Gasteiger partial charge in [-0.3, -0.25) is 0 Å². The van der Waals surface area contributed by atoms with Gasteiger partial charge < -0.3 is 5.73 Å². The maximum atomic E-state index is 12.4. The third kappa shape index (κ3) is 2.53. The number of hydrogen-bond acceptors (Lipinski definition) is 3. The number of halogens is 4. The molecule has 1 heterocycles. The summed E-state index contributed by atoms with van der Waals surface area (Å²) in [5.41, 5.74) is 5.90. The van der Waals surface area contributed by atoms with Crippen molar-refractivity contribution in [2.24, 2.45) is 0 Å². The summed E-state index contributed by atoms with van der Waals surface area (Å²) in [6, 6.07) is 6.02.